The third-order valence-electron chi connectivity index (χ3n) is 3.60. The van der Waals surface area contributed by atoms with Gasteiger partial charge in [0.2, 0.25) is 0 Å². The first-order chi connectivity index (χ1) is 9.00. The second kappa shape index (κ2) is 5.93. The maximum Gasteiger partial charge on any atom is 0.163 e. The van der Waals surface area contributed by atoms with E-state index in [-0.39, 0.29) is 12.4 Å². The third kappa shape index (κ3) is 3.71. The number of carbonyl (C=O) groups excluding carboxylic acids is 1. The van der Waals surface area contributed by atoms with Crippen molar-refractivity contribution in [2.24, 2.45) is 0 Å². The molecule has 0 spiro atoms. The summed E-state index contributed by atoms with van der Waals surface area (Å²) in [4.78, 5) is 11.5. The molecule has 0 aromatic heterocycles. The summed E-state index contributed by atoms with van der Waals surface area (Å²) in [7, 11) is 0. The van der Waals surface area contributed by atoms with Gasteiger partial charge in [-0.15, -0.1) is 0 Å². The number of Topliss-reactive ketones (excluding diaryl/α,β-unsaturated/α-hetero) is 1. The van der Waals surface area contributed by atoms with Crippen molar-refractivity contribution in [3.05, 3.63) is 28.8 Å². The van der Waals surface area contributed by atoms with Gasteiger partial charge in [0.25, 0.3) is 0 Å². The Morgan fingerprint density at radius 3 is 2.68 bits per heavy atom. The summed E-state index contributed by atoms with van der Waals surface area (Å²) < 4.78 is 5.67. The molecule has 0 saturated heterocycles. The Labute approximate surface area is 118 Å². The van der Waals surface area contributed by atoms with Crippen LogP contribution in [0.25, 0.3) is 0 Å². The van der Waals surface area contributed by atoms with Gasteiger partial charge in [-0.3, -0.25) is 4.79 Å². The van der Waals surface area contributed by atoms with E-state index in [1.54, 1.807) is 18.2 Å². The molecule has 1 aromatic rings. The molecule has 0 unspecified atom stereocenters. The van der Waals surface area contributed by atoms with E-state index in [0.29, 0.717) is 16.3 Å². The number of ketones is 1. The van der Waals surface area contributed by atoms with Crippen molar-refractivity contribution < 1.29 is 14.6 Å². The van der Waals surface area contributed by atoms with Crippen LogP contribution in [-0.2, 0) is 0 Å². The van der Waals surface area contributed by atoms with Crippen molar-refractivity contribution in [1.82, 2.24) is 0 Å². The van der Waals surface area contributed by atoms with Crippen LogP contribution < -0.4 is 4.74 Å². The van der Waals surface area contributed by atoms with Crippen LogP contribution in [0.15, 0.2) is 18.2 Å². The highest BCUT2D eigenvalue weighted by Gasteiger charge is 2.30. The average Bonchev–Trinajstić information content (AvgIpc) is 2.38. The lowest BCUT2D eigenvalue weighted by molar-refractivity contribution is -0.0340. The summed E-state index contributed by atoms with van der Waals surface area (Å²) >= 11 is 5.88. The van der Waals surface area contributed by atoms with E-state index < -0.39 is 5.60 Å². The summed E-state index contributed by atoms with van der Waals surface area (Å²) in [6.07, 6.45) is 4.74. The summed E-state index contributed by atoms with van der Waals surface area (Å²) in [5.74, 6) is 0.407. The van der Waals surface area contributed by atoms with Gasteiger partial charge in [0.15, 0.2) is 5.78 Å². The highest BCUT2D eigenvalue weighted by Crippen LogP contribution is 2.30. The van der Waals surface area contributed by atoms with Crippen LogP contribution in [0.4, 0.5) is 0 Å². The molecule has 0 aliphatic heterocycles. The Bertz CT molecular complexity index is 464. The van der Waals surface area contributed by atoms with Crippen molar-refractivity contribution in [3.63, 3.8) is 0 Å². The van der Waals surface area contributed by atoms with Crippen LogP contribution in [-0.4, -0.2) is 23.1 Å². The zero-order valence-corrected chi connectivity index (χ0v) is 11.9. The Morgan fingerprint density at radius 1 is 1.37 bits per heavy atom. The van der Waals surface area contributed by atoms with Crippen molar-refractivity contribution in [1.29, 1.82) is 0 Å². The monoisotopic (exact) mass is 282 g/mol. The van der Waals surface area contributed by atoms with Crippen molar-refractivity contribution in [3.8, 4) is 5.75 Å². The molecule has 0 bridgehead atoms. The highest BCUT2D eigenvalue weighted by molar-refractivity contribution is 6.31. The number of rotatable bonds is 4. The number of ether oxygens (including phenoxy) is 1. The van der Waals surface area contributed by atoms with Gasteiger partial charge < -0.3 is 9.84 Å². The SMILES string of the molecule is CC(=O)c1cc(Cl)ccc1OCC1(O)CCCCC1. The first-order valence-corrected chi connectivity index (χ1v) is 7.04. The minimum absolute atomic E-state index is 0.0897. The van der Waals surface area contributed by atoms with Crippen LogP contribution in [0.1, 0.15) is 49.4 Å². The Morgan fingerprint density at radius 2 is 2.05 bits per heavy atom. The third-order valence-corrected chi connectivity index (χ3v) is 3.84. The molecular formula is C15H19ClO3. The van der Waals surface area contributed by atoms with Crippen LogP contribution >= 0.6 is 11.6 Å². The maximum atomic E-state index is 11.5. The minimum atomic E-state index is -0.758. The zero-order chi connectivity index (χ0) is 13.9. The standard InChI is InChI=1S/C15H19ClO3/c1-11(17)13-9-12(16)5-6-14(13)19-10-15(18)7-3-2-4-8-15/h5-6,9,18H,2-4,7-8,10H2,1H3. The van der Waals surface area contributed by atoms with E-state index in [1.165, 1.54) is 13.3 Å². The molecule has 1 aliphatic carbocycles. The van der Waals surface area contributed by atoms with Crippen molar-refractivity contribution in [2.75, 3.05) is 6.61 Å². The average molecular weight is 283 g/mol. The number of halogens is 1. The Hall–Kier alpha value is -1.06. The summed E-state index contributed by atoms with van der Waals surface area (Å²) in [6.45, 7) is 1.71. The van der Waals surface area contributed by atoms with Crippen LogP contribution in [0.2, 0.25) is 5.02 Å². The second-order valence-corrected chi connectivity index (χ2v) is 5.71. The van der Waals surface area contributed by atoms with Gasteiger partial charge in [0.1, 0.15) is 12.4 Å². The number of hydrogen-bond acceptors (Lipinski definition) is 3. The molecule has 104 valence electrons. The van der Waals surface area contributed by atoms with Crippen LogP contribution in [0.5, 0.6) is 5.75 Å². The molecule has 19 heavy (non-hydrogen) atoms. The quantitative estimate of drug-likeness (QED) is 0.858. The second-order valence-electron chi connectivity index (χ2n) is 5.27. The van der Waals surface area contributed by atoms with E-state index in [9.17, 15) is 9.90 Å². The molecule has 0 amide bonds. The van der Waals surface area contributed by atoms with E-state index >= 15 is 0 Å². The van der Waals surface area contributed by atoms with Gasteiger partial charge in [0, 0.05) is 5.02 Å². The van der Waals surface area contributed by atoms with E-state index in [2.05, 4.69) is 0 Å². The highest BCUT2D eigenvalue weighted by atomic mass is 35.5. The van der Waals surface area contributed by atoms with Gasteiger partial charge in [-0.05, 0) is 38.0 Å². The lowest BCUT2D eigenvalue weighted by atomic mass is 9.85. The fourth-order valence-electron chi connectivity index (χ4n) is 2.47. The smallest absolute Gasteiger partial charge is 0.163 e. The normalized spacial score (nSPS) is 18.1. The lowest BCUT2D eigenvalue weighted by Crippen LogP contribution is -2.38. The molecule has 1 saturated carbocycles. The summed E-state index contributed by atoms with van der Waals surface area (Å²) in [5.41, 5.74) is -0.293. The molecule has 1 aromatic carbocycles. The molecule has 1 fully saturated rings. The van der Waals surface area contributed by atoms with Gasteiger partial charge in [-0.2, -0.15) is 0 Å². The van der Waals surface area contributed by atoms with E-state index in [1.807, 2.05) is 0 Å². The van der Waals surface area contributed by atoms with Crippen LogP contribution in [0, 0.1) is 0 Å². The van der Waals surface area contributed by atoms with Crippen molar-refractivity contribution >= 4 is 17.4 Å². The number of hydrogen-bond donors (Lipinski definition) is 1. The van der Waals surface area contributed by atoms with E-state index in [4.69, 9.17) is 16.3 Å². The lowest BCUT2D eigenvalue weighted by Gasteiger charge is -2.31. The Kier molecular flexibility index (Phi) is 4.48. The zero-order valence-electron chi connectivity index (χ0n) is 11.1. The number of benzene rings is 1. The molecule has 0 heterocycles. The maximum absolute atomic E-state index is 11.5. The van der Waals surface area contributed by atoms with Gasteiger partial charge in [-0.1, -0.05) is 30.9 Å². The predicted octanol–water partition coefficient (Wildman–Crippen LogP) is 3.62. The molecule has 2 rings (SSSR count). The fraction of sp³-hybridized carbons (Fsp3) is 0.533. The minimum Gasteiger partial charge on any atom is -0.490 e. The summed E-state index contributed by atoms with van der Waals surface area (Å²) in [6, 6.07) is 4.98. The molecule has 1 N–H and O–H groups in total. The van der Waals surface area contributed by atoms with Gasteiger partial charge in [-0.25, -0.2) is 0 Å². The first-order valence-electron chi connectivity index (χ1n) is 6.66. The largest absolute Gasteiger partial charge is 0.490 e. The van der Waals surface area contributed by atoms with Gasteiger partial charge >= 0.3 is 0 Å². The van der Waals surface area contributed by atoms with Crippen LogP contribution in [0.3, 0.4) is 0 Å². The molecule has 0 atom stereocenters. The predicted molar refractivity (Wildman–Crippen MR) is 75.0 cm³/mol. The molecule has 4 heteroatoms. The molecule has 3 nitrogen and oxygen atoms in total. The number of aliphatic hydroxyl groups is 1. The molecular weight excluding hydrogens is 264 g/mol. The van der Waals surface area contributed by atoms with E-state index in [0.717, 1.165) is 25.7 Å². The fourth-order valence-corrected chi connectivity index (χ4v) is 2.64. The Balaban J connectivity index is 2.08. The molecule has 1 aliphatic rings. The number of carbonyl (C=O) groups is 1. The van der Waals surface area contributed by atoms with Crippen molar-refractivity contribution in [2.45, 2.75) is 44.6 Å². The summed E-state index contributed by atoms with van der Waals surface area (Å²) in [5, 5.41) is 10.9. The topological polar surface area (TPSA) is 46.5 Å². The van der Waals surface area contributed by atoms with Gasteiger partial charge in [0.05, 0.1) is 11.2 Å². The first kappa shape index (κ1) is 14.4. The molecule has 0 radical (unpaired) electrons.